The summed E-state index contributed by atoms with van der Waals surface area (Å²) in [6, 6.07) is 7.28. The third-order valence-corrected chi connectivity index (χ3v) is 10.4. The molecule has 4 saturated carbocycles. The summed E-state index contributed by atoms with van der Waals surface area (Å²) in [5.74, 6) is -2.23. The quantitative estimate of drug-likeness (QED) is 0.408. The molecular weight excluding hydrogens is 495 g/mol. The second-order valence-corrected chi connectivity index (χ2v) is 16.4. The molecule has 1 aromatic carbocycles. The minimum atomic E-state index is -2.76. The molecule has 1 aromatic heterocycles. The molecular formula is C28H38F2N3O3P. The number of carbonyl (C=O) groups excluding carboxylic acids is 1. The number of hydrogen-bond donors (Lipinski definition) is 0. The van der Waals surface area contributed by atoms with Crippen LogP contribution in [0.1, 0.15) is 83.9 Å². The van der Waals surface area contributed by atoms with Gasteiger partial charge in [0.2, 0.25) is 17.7 Å². The lowest BCUT2D eigenvalue weighted by molar-refractivity contribution is -0.148. The van der Waals surface area contributed by atoms with Gasteiger partial charge in [0.25, 0.3) is 0 Å². The summed E-state index contributed by atoms with van der Waals surface area (Å²) in [6.07, 6.45) is 4.64. The van der Waals surface area contributed by atoms with Crippen LogP contribution in [-0.4, -0.2) is 41.8 Å². The summed E-state index contributed by atoms with van der Waals surface area (Å²) < 4.78 is 45.9. The van der Waals surface area contributed by atoms with Crippen LogP contribution >= 0.6 is 7.14 Å². The summed E-state index contributed by atoms with van der Waals surface area (Å²) >= 11 is 0. The van der Waals surface area contributed by atoms with Crippen LogP contribution in [-0.2, 0) is 20.2 Å². The summed E-state index contributed by atoms with van der Waals surface area (Å²) in [7, 11) is -2.55. The lowest BCUT2D eigenvalue weighted by Crippen LogP contribution is -2.53. The van der Waals surface area contributed by atoms with Crippen molar-refractivity contribution in [2.24, 2.45) is 11.3 Å². The van der Waals surface area contributed by atoms with E-state index >= 15 is 0 Å². The van der Waals surface area contributed by atoms with Crippen LogP contribution in [0.15, 0.2) is 28.8 Å². The van der Waals surface area contributed by atoms with Gasteiger partial charge in [0.05, 0.1) is 0 Å². The molecule has 6 nitrogen and oxygen atoms in total. The molecule has 0 atom stereocenters. The minimum Gasteiger partial charge on any atom is -0.339 e. The molecule has 0 unspecified atom stereocenters. The second-order valence-electron chi connectivity index (χ2n) is 13.2. The van der Waals surface area contributed by atoms with E-state index in [1.54, 1.807) is 18.2 Å². The van der Waals surface area contributed by atoms with E-state index in [1.807, 2.05) is 24.3 Å². The van der Waals surface area contributed by atoms with Crippen LogP contribution in [0.4, 0.5) is 14.5 Å². The highest BCUT2D eigenvalue weighted by Gasteiger charge is 2.55. The maximum atomic E-state index is 13.7. The Morgan fingerprint density at radius 3 is 2.24 bits per heavy atom. The van der Waals surface area contributed by atoms with Crippen molar-refractivity contribution in [1.82, 2.24) is 10.1 Å². The fourth-order valence-corrected chi connectivity index (χ4v) is 7.14. The van der Waals surface area contributed by atoms with E-state index in [0.717, 1.165) is 50.2 Å². The van der Waals surface area contributed by atoms with Crippen molar-refractivity contribution in [2.75, 3.05) is 24.8 Å². The average Bonchev–Trinajstić information content (AvgIpc) is 3.33. The highest BCUT2D eigenvalue weighted by atomic mass is 31.2. The van der Waals surface area contributed by atoms with Crippen molar-refractivity contribution >= 4 is 24.0 Å². The normalized spacial score (nSPS) is 27.6. The summed E-state index contributed by atoms with van der Waals surface area (Å²) in [5.41, 5.74) is 0.264. The Hall–Kier alpha value is -2.08. The second kappa shape index (κ2) is 8.72. The number of rotatable bonds is 6. The van der Waals surface area contributed by atoms with Gasteiger partial charge in [-0.15, -0.1) is 0 Å². The third kappa shape index (κ3) is 5.03. The van der Waals surface area contributed by atoms with E-state index in [2.05, 4.69) is 25.9 Å². The van der Waals surface area contributed by atoms with Gasteiger partial charge in [0.15, 0.2) is 5.82 Å². The first-order valence-corrected chi connectivity index (χ1v) is 15.9. The Kier molecular flexibility index (Phi) is 6.25. The standard InChI is InChI=1S/C28H38F2N3O3P/c1-25(2,3)23-31-24(36-32-23)27-12-9-26(10-13-27,11-14-27)18-33(22(34)19-16-28(29,30)17-19)20-7-6-8-21(15-20)37(4,5)35/h6-8,15,19H,9-14,16-18H2,1-5H3. The number of halogens is 2. The molecule has 2 bridgehead atoms. The maximum absolute atomic E-state index is 13.7. The van der Waals surface area contributed by atoms with Gasteiger partial charge >= 0.3 is 0 Å². The predicted octanol–water partition coefficient (Wildman–Crippen LogP) is 6.29. The Bertz CT molecular complexity index is 1210. The number of nitrogens with zero attached hydrogens (tertiary/aromatic N) is 3. The van der Waals surface area contributed by atoms with Gasteiger partial charge < -0.3 is 14.0 Å². The molecule has 0 aliphatic heterocycles. The largest absolute Gasteiger partial charge is 0.339 e. The molecule has 202 valence electrons. The van der Waals surface area contributed by atoms with Crippen molar-refractivity contribution in [1.29, 1.82) is 0 Å². The van der Waals surface area contributed by atoms with Gasteiger partial charge in [-0.2, -0.15) is 4.98 Å². The van der Waals surface area contributed by atoms with Crippen molar-refractivity contribution in [3.05, 3.63) is 36.0 Å². The molecule has 1 heterocycles. The fourth-order valence-electron chi connectivity index (χ4n) is 6.25. The van der Waals surface area contributed by atoms with Crippen LogP contribution in [0, 0.1) is 11.3 Å². The molecule has 4 fully saturated rings. The molecule has 37 heavy (non-hydrogen) atoms. The first-order valence-electron chi connectivity index (χ1n) is 13.3. The molecule has 9 heteroatoms. The van der Waals surface area contributed by atoms with Crippen molar-refractivity contribution in [2.45, 2.75) is 88.9 Å². The number of anilines is 1. The zero-order chi connectivity index (χ0) is 26.9. The number of benzene rings is 1. The number of hydrogen-bond acceptors (Lipinski definition) is 5. The Balaban J connectivity index is 1.39. The van der Waals surface area contributed by atoms with E-state index in [0.29, 0.717) is 17.5 Å². The summed E-state index contributed by atoms with van der Waals surface area (Å²) in [6.45, 7) is 10.1. The van der Waals surface area contributed by atoms with Crippen LogP contribution in [0.5, 0.6) is 0 Å². The van der Waals surface area contributed by atoms with E-state index in [-0.39, 0.29) is 22.2 Å². The van der Waals surface area contributed by atoms with Crippen LogP contribution < -0.4 is 10.2 Å². The maximum Gasteiger partial charge on any atom is 0.249 e. The van der Waals surface area contributed by atoms with E-state index in [1.165, 1.54) is 0 Å². The van der Waals surface area contributed by atoms with Gasteiger partial charge in [-0.3, -0.25) is 4.79 Å². The summed E-state index contributed by atoms with van der Waals surface area (Å²) in [5, 5.41) is 4.94. The Morgan fingerprint density at radius 2 is 1.73 bits per heavy atom. The molecule has 4 aliphatic carbocycles. The highest BCUT2D eigenvalue weighted by molar-refractivity contribution is 7.70. The molecule has 6 rings (SSSR count). The topological polar surface area (TPSA) is 76.3 Å². The zero-order valence-electron chi connectivity index (χ0n) is 22.5. The third-order valence-electron chi connectivity index (χ3n) is 8.91. The molecule has 0 saturated heterocycles. The van der Waals surface area contributed by atoms with Gasteiger partial charge in [0, 0.05) is 47.1 Å². The molecule has 4 aliphatic rings. The van der Waals surface area contributed by atoms with E-state index in [4.69, 9.17) is 9.51 Å². The number of aromatic nitrogens is 2. The van der Waals surface area contributed by atoms with Crippen LogP contribution in [0.2, 0.25) is 0 Å². The average molecular weight is 534 g/mol. The van der Waals surface area contributed by atoms with E-state index in [9.17, 15) is 18.1 Å². The smallest absolute Gasteiger partial charge is 0.249 e. The van der Waals surface area contributed by atoms with Crippen molar-refractivity contribution in [3.63, 3.8) is 0 Å². The van der Waals surface area contributed by atoms with E-state index < -0.39 is 31.8 Å². The van der Waals surface area contributed by atoms with Gasteiger partial charge in [-0.25, -0.2) is 8.78 Å². The Morgan fingerprint density at radius 1 is 1.11 bits per heavy atom. The fraction of sp³-hybridized carbons (Fsp3) is 0.679. The zero-order valence-corrected chi connectivity index (χ0v) is 23.4. The first-order chi connectivity index (χ1) is 17.1. The van der Waals surface area contributed by atoms with Crippen molar-refractivity contribution < 1.29 is 22.7 Å². The lowest BCUT2D eigenvalue weighted by Gasteiger charge is -2.53. The van der Waals surface area contributed by atoms with Crippen molar-refractivity contribution in [3.8, 4) is 0 Å². The van der Waals surface area contributed by atoms with Gasteiger partial charge in [-0.05, 0) is 69.4 Å². The monoisotopic (exact) mass is 533 g/mol. The lowest BCUT2D eigenvalue weighted by atomic mass is 9.53. The number of amides is 1. The van der Waals surface area contributed by atoms with Gasteiger partial charge in [-0.1, -0.05) is 38.1 Å². The predicted molar refractivity (Wildman–Crippen MR) is 140 cm³/mol. The first kappa shape index (κ1) is 26.5. The van der Waals surface area contributed by atoms with Crippen LogP contribution in [0.3, 0.4) is 0 Å². The molecule has 1 amide bonds. The number of alkyl halides is 2. The SMILES string of the molecule is CC(C)(C)c1noc(C23CCC(CN(C(=O)C4CC(F)(F)C4)c4cccc(P(C)(C)=O)c4)(CC2)CC3)n1. The summed E-state index contributed by atoms with van der Waals surface area (Å²) in [4.78, 5) is 20.1. The molecule has 0 spiro atoms. The van der Waals surface area contributed by atoms with Crippen LogP contribution in [0.25, 0.3) is 0 Å². The number of fused-ring (bicyclic) bond motifs is 3. The molecule has 0 radical (unpaired) electrons. The molecule has 2 aromatic rings. The minimum absolute atomic E-state index is 0.0886. The molecule has 0 N–H and O–H groups in total. The number of carbonyl (C=O) groups is 1. The van der Waals surface area contributed by atoms with Gasteiger partial charge in [0.1, 0.15) is 7.14 Å². The Labute approximate surface area is 217 Å². The highest BCUT2D eigenvalue weighted by Crippen LogP contribution is 2.58.